The zero-order valence-corrected chi connectivity index (χ0v) is 19.3. The molecule has 5 aromatic rings. The molecule has 6 nitrogen and oxygen atoms in total. The number of anilines is 1. The smallest absolute Gasteiger partial charge is 0.234 e. The number of aromatic amines is 1. The second kappa shape index (κ2) is 9.52. The van der Waals surface area contributed by atoms with Crippen LogP contribution in [-0.4, -0.2) is 31.4 Å². The van der Waals surface area contributed by atoms with Gasteiger partial charge in [-0.1, -0.05) is 49.0 Å². The number of aromatic nitrogens is 4. The van der Waals surface area contributed by atoms with Gasteiger partial charge in [0, 0.05) is 34.0 Å². The van der Waals surface area contributed by atoms with E-state index in [4.69, 9.17) is 0 Å². The number of carbonyl (C=O) groups excluding carboxylic acids is 1. The fourth-order valence-electron chi connectivity index (χ4n) is 3.77. The number of H-pyrrole nitrogens is 1. The summed E-state index contributed by atoms with van der Waals surface area (Å²) in [6.07, 6.45) is 2.83. The van der Waals surface area contributed by atoms with Crippen LogP contribution in [0.2, 0.25) is 0 Å². The van der Waals surface area contributed by atoms with E-state index >= 15 is 0 Å². The molecule has 5 rings (SSSR count). The number of hydrogen-bond acceptors (Lipinski definition) is 4. The maximum Gasteiger partial charge on any atom is 0.234 e. The average molecular weight is 472 g/mol. The summed E-state index contributed by atoms with van der Waals surface area (Å²) in [6.45, 7) is 2.09. The first-order valence-corrected chi connectivity index (χ1v) is 11.9. The van der Waals surface area contributed by atoms with Gasteiger partial charge in [-0.3, -0.25) is 9.36 Å². The number of fused-ring (bicyclic) bond motifs is 1. The molecule has 8 heteroatoms. The van der Waals surface area contributed by atoms with Gasteiger partial charge in [0.15, 0.2) is 11.0 Å². The minimum Gasteiger partial charge on any atom is -0.360 e. The Kier molecular flexibility index (Phi) is 6.14. The van der Waals surface area contributed by atoms with E-state index in [0.717, 1.165) is 28.6 Å². The van der Waals surface area contributed by atoms with Crippen molar-refractivity contribution < 1.29 is 9.18 Å². The summed E-state index contributed by atoms with van der Waals surface area (Å²) >= 11 is 1.28. The highest BCUT2D eigenvalue weighted by atomic mass is 32.2. The molecule has 0 aliphatic rings. The number of rotatable bonds is 7. The number of amides is 1. The largest absolute Gasteiger partial charge is 0.360 e. The van der Waals surface area contributed by atoms with Crippen molar-refractivity contribution in [3.8, 4) is 17.1 Å². The highest BCUT2D eigenvalue weighted by Crippen LogP contribution is 2.32. The minimum atomic E-state index is -0.326. The topological polar surface area (TPSA) is 75.6 Å². The Morgan fingerprint density at radius 1 is 1.03 bits per heavy atom. The molecule has 170 valence electrons. The maximum atomic E-state index is 13.6. The monoisotopic (exact) mass is 471 g/mol. The first kappa shape index (κ1) is 21.9. The third-order valence-corrected chi connectivity index (χ3v) is 6.46. The van der Waals surface area contributed by atoms with Crippen molar-refractivity contribution in [1.29, 1.82) is 0 Å². The molecule has 2 N–H and O–H groups in total. The number of benzene rings is 3. The Balaban J connectivity index is 1.44. The normalized spacial score (nSPS) is 11.1. The molecule has 2 aromatic heterocycles. The summed E-state index contributed by atoms with van der Waals surface area (Å²) in [6, 6.07) is 21.9. The molecule has 34 heavy (non-hydrogen) atoms. The summed E-state index contributed by atoms with van der Waals surface area (Å²) < 4.78 is 15.5. The molecule has 0 bridgehead atoms. The van der Waals surface area contributed by atoms with Crippen LogP contribution >= 0.6 is 11.8 Å². The van der Waals surface area contributed by atoms with Crippen LogP contribution in [0.3, 0.4) is 0 Å². The first-order valence-electron chi connectivity index (χ1n) is 10.9. The van der Waals surface area contributed by atoms with E-state index in [1.165, 1.54) is 29.5 Å². The standard InChI is InChI=1S/C26H22FN5OS/c1-2-17-7-11-19(12-8-17)29-24(33)16-34-26-31-30-25(32(26)20-13-9-18(27)10-14-20)22-15-28-23-6-4-3-5-21(22)23/h3-15,28H,2,16H2,1H3,(H,29,33). The van der Waals surface area contributed by atoms with Crippen molar-refractivity contribution in [2.24, 2.45) is 0 Å². The molecule has 0 spiro atoms. The first-order chi connectivity index (χ1) is 16.6. The number of nitrogens with one attached hydrogen (secondary N) is 2. The maximum absolute atomic E-state index is 13.6. The van der Waals surface area contributed by atoms with E-state index in [1.807, 2.05) is 59.3 Å². The molecule has 0 aliphatic carbocycles. The highest BCUT2D eigenvalue weighted by molar-refractivity contribution is 7.99. The molecule has 0 saturated heterocycles. The van der Waals surface area contributed by atoms with Gasteiger partial charge in [-0.15, -0.1) is 10.2 Å². The minimum absolute atomic E-state index is 0.142. The van der Waals surface area contributed by atoms with Gasteiger partial charge in [-0.2, -0.15) is 0 Å². The molecule has 0 atom stereocenters. The zero-order chi connectivity index (χ0) is 23.5. The van der Waals surface area contributed by atoms with Gasteiger partial charge < -0.3 is 10.3 Å². The number of hydrogen-bond donors (Lipinski definition) is 2. The van der Waals surface area contributed by atoms with Gasteiger partial charge in [0.05, 0.1) is 5.75 Å². The van der Waals surface area contributed by atoms with Crippen molar-refractivity contribution in [2.45, 2.75) is 18.5 Å². The van der Waals surface area contributed by atoms with E-state index in [-0.39, 0.29) is 17.5 Å². The lowest BCUT2D eigenvalue weighted by Crippen LogP contribution is -2.14. The second-order valence-electron chi connectivity index (χ2n) is 7.75. The Labute approximate surface area is 200 Å². The summed E-state index contributed by atoms with van der Waals surface area (Å²) in [5.41, 5.74) is 4.53. The Hall–Kier alpha value is -3.91. The number of carbonyl (C=O) groups is 1. The average Bonchev–Trinajstić information content (AvgIpc) is 3.48. The summed E-state index contributed by atoms with van der Waals surface area (Å²) in [5.74, 6) is 0.301. The van der Waals surface area contributed by atoms with Crippen LogP contribution in [-0.2, 0) is 11.2 Å². The fraction of sp³-hybridized carbons (Fsp3) is 0.115. The quantitative estimate of drug-likeness (QED) is 0.292. The van der Waals surface area contributed by atoms with Crippen LogP contribution in [0, 0.1) is 5.82 Å². The summed E-state index contributed by atoms with van der Waals surface area (Å²) in [7, 11) is 0. The molecular formula is C26H22FN5OS. The lowest BCUT2D eigenvalue weighted by Gasteiger charge is -2.10. The Morgan fingerprint density at radius 2 is 1.79 bits per heavy atom. The molecule has 0 unspecified atom stereocenters. The van der Waals surface area contributed by atoms with Gasteiger partial charge in [0.25, 0.3) is 0 Å². The van der Waals surface area contributed by atoms with Crippen LogP contribution in [0.5, 0.6) is 0 Å². The van der Waals surface area contributed by atoms with Crippen LogP contribution in [0.15, 0.2) is 84.1 Å². The van der Waals surface area contributed by atoms with Crippen molar-refractivity contribution >= 4 is 34.3 Å². The lowest BCUT2D eigenvalue weighted by atomic mass is 10.1. The number of nitrogens with zero attached hydrogens (tertiary/aromatic N) is 3. The molecule has 1 amide bonds. The van der Waals surface area contributed by atoms with Gasteiger partial charge in [-0.05, 0) is 54.4 Å². The van der Waals surface area contributed by atoms with Crippen LogP contribution in [0.4, 0.5) is 10.1 Å². The summed E-state index contributed by atoms with van der Waals surface area (Å²) in [4.78, 5) is 15.9. The SMILES string of the molecule is CCc1ccc(NC(=O)CSc2nnc(-c3c[nH]c4ccccc34)n2-c2ccc(F)cc2)cc1. The third kappa shape index (κ3) is 4.45. The predicted molar refractivity (Wildman–Crippen MR) is 134 cm³/mol. The van der Waals surface area contributed by atoms with E-state index in [2.05, 4.69) is 27.4 Å². The Morgan fingerprint density at radius 3 is 2.56 bits per heavy atom. The Bertz CT molecular complexity index is 1440. The van der Waals surface area contributed by atoms with Crippen LogP contribution < -0.4 is 5.32 Å². The number of thioether (sulfide) groups is 1. The fourth-order valence-corrected chi connectivity index (χ4v) is 4.52. The van der Waals surface area contributed by atoms with Crippen molar-refractivity contribution in [3.05, 3.63) is 90.4 Å². The molecule has 0 aliphatic heterocycles. The predicted octanol–water partition coefficient (Wildman–Crippen LogP) is 5.85. The molecule has 2 heterocycles. The highest BCUT2D eigenvalue weighted by Gasteiger charge is 2.20. The number of halogens is 1. The molecule has 0 fully saturated rings. The van der Waals surface area contributed by atoms with Gasteiger partial charge in [0.2, 0.25) is 5.91 Å². The lowest BCUT2D eigenvalue weighted by molar-refractivity contribution is -0.113. The van der Waals surface area contributed by atoms with Crippen LogP contribution in [0.1, 0.15) is 12.5 Å². The zero-order valence-electron chi connectivity index (χ0n) is 18.5. The van der Waals surface area contributed by atoms with Crippen molar-refractivity contribution in [2.75, 3.05) is 11.1 Å². The van der Waals surface area contributed by atoms with E-state index in [1.54, 1.807) is 12.1 Å². The van der Waals surface area contributed by atoms with E-state index < -0.39 is 0 Å². The van der Waals surface area contributed by atoms with E-state index in [0.29, 0.717) is 16.7 Å². The van der Waals surface area contributed by atoms with E-state index in [9.17, 15) is 9.18 Å². The van der Waals surface area contributed by atoms with Gasteiger partial charge in [0.1, 0.15) is 5.82 Å². The summed E-state index contributed by atoms with van der Waals surface area (Å²) in [5, 5.41) is 13.3. The molecule has 0 saturated carbocycles. The molecular weight excluding hydrogens is 449 g/mol. The van der Waals surface area contributed by atoms with Crippen LogP contribution in [0.25, 0.3) is 28.0 Å². The number of para-hydroxylation sites is 1. The molecule has 0 radical (unpaired) electrons. The second-order valence-corrected chi connectivity index (χ2v) is 8.70. The van der Waals surface area contributed by atoms with Crippen molar-refractivity contribution in [3.63, 3.8) is 0 Å². The van der Waals surface area contributed by atoms with Gasteiger partial charge in [-0.25, -0.2) is 4.39 Å². The van der Waals surface area contributed by atoms with Crippen molar-refractivity contribution in [1.82, 2.24) is 19.7 Å². The molecule has 3 aromatic carbocycles. The third-order valence-electron chi connectivity index (χ3n) is 5.53. The number of aryl methyl sites for hydroxylation is 1. The van der Waals surface area contributed by atoms with Gasteiger partial charge >= 0.3 is 0 Å².